The normalized spacial score (nSPS) is 12.3. The first-order chi connectivity index (χ1) is 20.5. The molecule has 0 aromatic heterocycles. The van der Waals surface area contributed by atoms with Crippen LogP contribution in [0.15, 0.2) is 12.7 Å². The van der Waals surface area contributed by atoms with Crippen LogP contribution >= 0.6 is 0 Å². The topological polar surface area (TPSA) is 168 Å². The third-order valence-electron chi connectivity index (χ3n) is 6.06. The molecule has 0 aliphatic carbocycles. The van der Waals surface area contributed by atoms with Gasteiger partial charge < -0.3 is 28.4 Å². The van der Waals surface area contributed by atoms with Gasteiger partial charge in [-0.25, -0.2) is 9.59 Å². The number of carbonyl (C=O) groups is 6. The SMILES string of the molecule is C=CCC(C(=O)OC)(C(=O)OCC)N(CCN(CCN(CC(=O)OC)CC(=O)OCC)CC(=O)OCC)CC(=O)OCC. The molecule has 0 radical (unpaired) electrons. The molecule has 246 valence electrons. The van der Waals surface area contributed by atoms with Crippen molar-refractivity contribution in [3.8, 4) is 0 Å². The number of carbonyl (C=O) groups excluding carboxylic acids is 6. The van der Waals surface area contributed by atoms with Crippen LogP contribution < -0.4 is 0 Å². The van der Waals surface area contributed by atoms with Crippen LogP contribution in [0.25, 0.3) is 0 Å². The van der Waals surface area contributed by atoms with Crippen molar-refractivity contribution in [3.05, 3.63) is 12.7 Å². The summed E-state index contributed by atoms with van der Waals surface area (Å²) in [7, 11) is 2.32. The van der Waals surface area contributed by atoms with Crippen molar-refractivity contribution >= 4 is 35.8 Å². The number of esters is 6. The third-order valence-corrected chi connectivity index (χ3v) is 6.06. The van der Waals surface area contributed by atoms with Crippen molar-refractivity contribution in [1.29, 1.82) is 0 Å². The van der Waals surface area contributed by atoms with Gasteiger partial charge in [-0.2, -0.15) is 0 Å². The van der Waals surface area contributed by atoms with E-state index in [-0.39, 0.29) is 78.7 Å². The van der Waals surface area contributed by atoms with Gasteiger partial charge in [-0.3, -0.25) is 33.9 Å². The fraction of sp³-hybridized carbons (Fsp3) is 0.714. The average Bonchev–Trinajstić information content (AvgIpc) is 2.96. The Kier molecular flexibility index (Phi) is 20.2. The molecule has 0 aromatic rings. The molecule has 0 heterocycles. The van der Waals surface area contributed by atoms with E-state index in [1.807, 2.05) is 0 Å². The van der Waals surface area contributed by atoms with E-state index in [1.54, 1.807) is 32.6 Å². The van der Waals surface area contributed by atoms with Gasteiger partial charge in [-0.15, -0.1) is 6.58 Å². The maximum atomic E-state index is 13.3. The summed E-state index contributed by atoms with van der Waals surface area (Å²) in [5.74, 6) is -4.30. The van der Waals surface area contributed by atoms with Crippen molar-refractivity contribution in [2.75, 3.05) is 93.0 Å². The Morgan fingerprint density at radius 2 is 1.02 bits per heavy atom. The van der Waals surface area contributed by atoms with E-state index in [2.05, 4.69) is 6.58 Å². The third kappa shape index (κ3) is 14.0. The predicted octanol–water partition coefficient (Wildman–Crippen LogP) is -0.194. The summed E-state index contributed by atoms with van der Waals surface area (Å²) in [6.07, 6.45) is 1.09. The Labute approximate surface area is 253 Å². The lowest BCUT2D eigenvalue weighted by atomic mass is 9.92. The molecule has 0 saturated carbocycles. The molecular formula is C28H47N3O12. The molecule has 0 fully saturated rings. The number of ether oxygens (including phenoxy) is 6. The standard InChI is InChI=1S/C28H47N3O12/c1-8-13-28(26(36)39-7,27(37)43-12-5)31(21-25(35)42-11-4)17-16-29(19-23(33)40-9-2)14-15-30(18-22(32)38-6)20-24(34)41-10-3/h8H,1,9-21H2,2-7H3. The van der Waals surface area contributed by atoms with E-state index in [4.69, 9.17) is 28.4 Å². The van der Waals surface area contributed by atoms with Crippen molar-refractivity contribution in [2.24, 2.45) is 0 Å². The molecule has 0 bridgehead atoms. The molecule has 15 heteroatoms. The second-order valence-electron chi connectivity index (χ2n) is 8.96. The summed E-state index contributed by atoms with van der Waals surface area (Å²) in [5, 5.41) is 0. The highest BCUT2D eigenvalue weighted by atomic mass is 16.6. The Morgan fingerprint density at radius 3 is 1.49 bits per heavy atom. The van der Waals surface area contributed by atoms with Crippen molar-refractivity contribution in [1.82, 2.24) is 14.7 Å². The van der Waals surface area contributed by atoms with Gasteiger partial charge in [0, 0.05) is 32.6 Å². The number of hydrogen-bond acceptors (Lipinski definition) is 15. The van der Waals surface area contributed by atoms with E-state index in [0.717, 1.165) is 7.11 Å². The quantitative estimate of drug-likeness (QED) is 0.0640. The van der Waals surface area contributed by atoms with E-state index in [0.29, 0.717) is 0 Å². The number of methoxy groups -OCH3 is 2. The molecule has 0 aliphatic rings. The summed E-state index contributed by atoms with van der Waals surface area (Å²) in [6.45, 7) is 9.50. The monoisotopic (exact) mass is 617 g/mol. The minimum absolute atomic E-state index is 0.0268. The zero-order valence-electron chi connectivity index (χ0n) is 26.2. The van der Waals surface area contributed by atoms with Crippen LogP contribution in [0.1, 0.15) is 34.1 Å². The first-order valence-corrected chi connectivity index (χ1v) is 14.1. The second kappa shape index (κ2) is 22.0. The molecule has 1 unspecified atom stereocenters. The van der Waals surface area contributed by atoms with Crippen LogP contribution in [0.2, 0.25) is 0 Å². The first kappa shape index (κ1) is 39.4. The zero-order chi connectivity index (χ0) is 32.8. The van der Waals surface area contributed by atoms with Crippen molar-refractivity contribution in [3.63, 3.8) is 0 Å². The molecule has 0 amide bonds. The van der Waals surface area contributed by atoms with E-state index in [9.17, 15) is 28.8 Å². The molecular weight excluding hydrogens is 570 g/mol. The van der Waals surface area contributed by atoms with Crippen LogP contribution in [0.3, 0.4) is 0 Å². The van der Waals surface area contributed by atoms with E-state index < -0.39 is 47.9 Å². The van der Waals surface area contributed by atoms with Crippen molar-refractivity contribution < 1.29 is 57.2 Å². The summed E-state index contributed by atoms with van der Waals surface area (Å²) < 4.78 is 30.1. The molecule has 0 rings (SSSR count). The van der Waals surface area contributed by atoms with Crippen LogP contribution in [0.4, 0.5) is 0 Å². The summed E-state index contributed by atoms with van der Waals surface area (Å²) in [5.41, 5.74) is -2.07. The summed E-state index contributed by atoms with van der Waals surface area (Å²) in [4.78, 5) is 80.1. The van der Waals surface area contributed by atoms with Gasteiger partial charge in [0.1, 0.15) is 0 Å². The smallest absolute Gasteiger partial charge is 0.338 e. The molecule has 0 aromatic carbocycles. The van der Waals surface area contributed by atoms with E-state index in [1.165, 1.54) is 23.0 Å². The van der Waals surface area contributed by atoms with E-state index >= 15 is 0 Å². The van der Waals surface area contributed by atoms with Gasteiger partial charge in [0.2, 0.25) is 5.54 Å². The largest absolute Gasteiger partial charge is 0.468 e. The maximum absolute atomic E-state index is 13.3. The highest BCUT2D eigenvalue weighted by Gasteiger charge is 2.53. The molecule has 43 heavy (non-hydrogen) atoms. The first-order valence-electron chi connectivity index (χ1n) is 14.1. The van der Waals surface area contributed by atoms with Crippen molar-refractivity contribution in [2.45, 2.75) is 39.7 Å². The fourth-order valence-electron chi connectivity index (χ4n) is 4.09. The number of rotatable bonds is 23. The molecule has 0 N–H and O–H groups in total. The molecule has 1 atom stereocenters. The molecule has 0 aliphatic heterocycles. The van der Waals surface area contributed by atoms with Crippen LogP contribution in [-0.4, -0.2) is 149 Å². The van der Waals surface area contributed by atoms with Crippen LogP contribution in [-0.2, 0) is 57.2 Å². The Hall–Kier alpha value is -3.56. The lowest BCUT2D eigenvalue weighted by molar-refractivity contribution is -0.175. The Balaban J connectivity index is 6.37. The maximum Gasteiger partial charge on any atom is 0.338 e. The highest BCUT2D eigenvalue weighted by Crippen LogP contribution is 2.25. The fourth-order valence-corrected chi connectivity index (χ4v) is 4.09. The summed E-state index contributed by atoms with van der Waals surface area (Å²) >= 11 is 0. The Bertz CT molecular complexity index is 929. The molecule has 0 spiro atoms. The number of nitrogens with zero attached hydrogens (tertiary/aromatic N) is 3. The van der Waals surface area contributed by atoms with Gasteiger partial charge in [0.25, 0.3) is 0 Å². The summed E-state index contributed by atoms with van der Waals surface area (Å²) in [6, 6.07) is 0. The van der Waals surface area contributed by atoms with Gasteiger partial charge in [-0.05, 0) is 27.7 Å². The van der Waals surface area contributed by atoms with Crippen LogP contribution in [0.5, 0.6) is 0 Å². The zero-order valence-corrected chi connectivity index (χ0v) is 26.2. The van der Waals surface area contributed by atoms with Gasteiger partial charge in [0.05, 0.1) is 66.8 Å². The molecule has 0 saturated heterocycles. The molecule has 15 nitrogen and oxygen atoms in total. The Morgan fingerprint density at radius 1 is 0.581 bits per heavy atom. The van der Waals surface area contributed by atoms with Gasteiger partial charge >= 0.3 is 35.8 Å². The number of hydrogen-bond donors (Lipinski definition) is 0. The predicted molar refractivity (Wildman–Crippen MR) is 153 cm³/mol. The highest BCUT2D eigenvalue weighted by molar-refractivity contribution is 6.05. The minimum atomic E-state index is -2.07. The lowest BCUT2D eigenvalue weighted by Gasteiger charge is -2.39. The minimum Gasteiger partial charge on any atom is -0.468 e. The average molecular weight is 618 g/mol. The lowest BCUT2D eigenvalue weighted by Crippen LogP contribution is -2.63. The van der Waals surface area contributed by atoms with Gasteiger partial charge in [0.15, 0.2) is 0 Å². The van der Waals surface area contributed by atoms with Crippen LogP contribution in [0, 0.1) is 0 Å². The van der Waals surface area contributed by atoms with Gasteiger partial charge in [-0.1, -0.05) is 6.08 Å². The second-order valence-corrected chi connectivity index (χ2v) is 8.96.